The van der Waals surface area contributed by atoms with Gasteiger partial charge in [-0.15, -0.1) is 0 Å². The summed E-state index contributed by atoms with van der Waals surface area (Å²) in [5, 5.41) is 3.37. The number of halogens is 4. The van der Waals surface area contributed by atoms with Gasteiger partial charge in [0.25, 0.3) is 0 Å². The van der Waals surface area contributed by atoms with Crippen molar-refractivity contribution in [3.63, 3.8) is 0 Å². The molecule has 0 saturated carbocycles. The van der Waals surface area contributed by atoms with Crippen LogP contribution >= 0.6 is 11.6 Å². The minimum absolute atomic E-state index is 0.00824. The largest absolute Gasteiger partial charge is 0.467 e. The van der Waals surface area contributed by atoms with Crippen molar-refractivity contribution in [3.05, 3.63) is 29.3 Å². The molecule has 0 aliphatic rings. The van der Waals surface area contributed by atoms with E-state index in [1.165, 1.54) is 14.0 Å². The van der Waals surface area contributed by atoms with Gasteiger partial charge in [-0.05, 0) is 38.0 Å². The first kappa shape index (κ1) is 17.6. The number of rotatable bonds is 6. The highest BCUT2D eigenvalue weighted by Gasteiger charge is 2.36. The molecule has 0 heterocycles. The summed E-state index contributed by atoms with van der Waals surface area (Å²) in [5.41, 5.74) is -0.701. The normalized spacial score (nSPS) is 14.4. The maximum absolute atomic E-state index is 12.2. The molecule has 1 atom stereocenters. The fourth-order valence-corrected chi connectivity index (χ4v) is 2.16. The zero-order chi connectivity index (χ0) is 16.1. The third-order valence-corrected chi connectivity index (χ3v) is 3.25. The Morgan fingerprint density at radius 2 is 2.00 bits per heavy atom. The number of nitrogens with one attached hydrogen (secondary N) is 1. The molecule has 118 valence electrons. The van der Waals surface area contributed by atoms with Gasteiger partial charge in [0.05, 0.1) is 7.11 Å². The van der Waals surface area contributed by atoms with Crippen LogP contribution in [0.4, 0.5) is 18.9 Å². The van der Waals surface area contributed by atoms with Crippen LogP contribution in [-0.2, 0) is 9.53 Å². The van der Waals surface area contributed by atoms with E-state index in [0.29, 0.717) is 10.7 Å². The molecule has 0 aliphatic heterocycles. The number of ether oxygens (including phenoxy) is 1. The molecule has 7 heteroatoms. The summed E-state index contributed by atoms with van der Waals surface area (Å²) in [6.07, 6.45) is -5.38. The van der Waals surface area contributed by atoms with Gasteiger partial charge in [-0.1, -0.05) is 17.7 Å². The van der Waals surface area contributed by atoms with E-state index >= 15 is 0 Å². The van der Waals surface area contributed by atoms with Crippen molar-refractivity contribution in [2.75, 3.05) is 12.4 Å². The second-order valence-corrected chi connectivity index (χ2v) is 5.36. The van der Waals surface area contributed by atoms with Gasteiger partial charge in [0.15, 0.2) is 0 Å². The predicted molar refractivity (Wildman–Crippen MR) is 75.4 cm³/mol. The molecule has 1 N–H and O–H groups in total. The van der Waals surface area contributed by atoms with Crippen LogP contribution in [0.3, 0.4) is 0 Å². The monoisotopic (exact) mass is 323 g/mol. The molecule has 1 aromatic carbocycles. The van der Waals surface area contributed by atoms with Gasteiger partial charge in [-0.2, -0.15) is 13.2 Å². The predicted octanol–water partition coefficient (Wildman–Crippen LogP) is 4.42. The number of benzene rings is 1. The smallest absolute Gasteiger partial charge is 0.389 e. The average molecular weight is 324 g/mol. The molecule has 21 heavy (non-hydrogen) atoms. The summed E-state index contributed by atoms with van der Waals surface area (Å²) in [4.78, 5) is 11.9. The highest BCUT2D eigenvalue weighted by molar-refractivity contribution is 6.30. The lowest BCUT2D eigenvalue weighted by Gasteiger charge is -2.29. The van der Waals surface area contributed by atoms with E-state index in [2.05, 4.69) is 10.1 Å². The van der Waals surface area contributed by atoms with Gasteiger partial charge in [0.2, 0.25) is 0 Å². The molecule has 1 aromatic rings. The maximum Gasteiger partial charge on any atom is 0.389 e. The second-order valence-electron chi connectivity index (χ2n) is 4.93. The van der Waals surface area contributed by atoms with Gasteiger partial charge in [-0.25, -0.2) is 4.79 Å². The zero-order valence-electron chi connectivity index (χ0n) is 11.8. The van der Waals surface area contributed by atoms with Gasteiger partial charge < -0.3 is 10.1 Å². The quantitative estimate of drug-likeness (QED) is 0.788. The first-order chi connectivity index (χ1) is 9.66. The molecular formula is C14H17ClF3NO2. The summed E-state index contributed by atoms with van der Waals surface area (Å²) < 4.78 is 41.4. The van der Waals surface area contributed by atoms with Crippen molar-refractivity contribution in [2.45, 2.75) is 37.9 Å². The Hall–Kier alpha value is -1.43. The van der Waals surface area contributed by atoms with E-state index in [1.54, 1.807) is 24.3 Å². The van der Waals surface area contributed by atoms with E-state index in [9.17, 15) is 18.0 Å². The summed E-state index contributed by atoms with van der Waals surface area (Å²) >= 11 is 5.85. The number of carbonyl (C=O) groups is 1. The van der Waals surface area contributed by atoms with E-state index in [1.807, 2.05) is 0 Å². The van der Waals surface area contributed by atoms with Crippen LogP contribution in [0.5, 0.6) is 0 Å². The van der Waals surface area contributed by atoms with Gasteiger partial charge in [-0.3, -0.25) is 0 Å². The molecule has 0 bridgehead atoms. The van der Waals surface area contributed by atoms with Crippen LogP contribution in [-0.4, -0.2) is 24.8 Å². The van der Waals surface area contributed by atoms with Gasteiger partial charge in [0.1, 0.15) is 5.54 Å². The number of methoxy groups -OCH3 is 1. The van der Waals surface area contributed by atoms with Crippen LogP contribution < -0.4 is 5.32 Å². The molecule has 0 amide bonds. The van der Waals surface area contributed by atoms with Crippen LogP contribution in [0.25, 0.3) is 0 Å². The first-order valence-electron chi connectivity index (χ1n) is 6.35. The number of anilines is 1. The lowest BCUT2D eigenvalue weighted by Crippen LogP contribution is -2.44. The summed E-state index contributed by atoms with van der Waals surface area (Å²) in [5.74, 6) is -0.621. The number of carbonyl (C=O) groups excluding carboxylic acids is 1. The number of hydrogen-bond acceptors (Lipinski definition) is 3. The summed E-state index contributed by atoms with van der Waals surface area (Å²) in [6.45, 7) is 1.51. The van der Waals surface area contributed by atoms with Crippen LogP contribution in [0, 0.1) is 0 Å². The molecule has 0 spiro atoms. The Labute approximate surface area is 126 Å². The zero-order valence-corrected chi connectivity index (χ0v) is 12.5. The fraction of sp³-hybridized carbons (Fsp3) is 0.500. The molecule has 0 saturated heterocycles. The summed E-state index contributed by atoms with van der Waals surface area (Å²) in [6, 6.07) is 6.60. The van der Waals surface area contributed by atoms with Gasteiger partial charge in [0, 0.05) is 17.1 Å². The molecule has 3 nitrogen and oxygen atoms in total. The summed E-state index contributed by atoms with van der Waals surface area (Å²) in [7, 11) is 1.20. The molecule has 0 radical (unpaired) electrons. The topological polar surface area (TPSA) is 38.3 Å². The van der Waals surface area contributed by atoms with E-state index in [0.717, 1.165) is 0 Å². The highest BCUT2D eigenvalue weighted by atomic mass is 35.5. The molecule has 0 aromatic heterocycles. The SMILES string of the molecule is COC(=O)C(C)(CCCC(F)(F)F)Nc1cccc(Cl)c1. The Kier molecular flexibility index (Phi) is 5.89. The Morgan fingerprint density at radius 3 is 2.52 bits per heavy atom. The number of alkyl halides is 3. The van der Waals surface area contributed by atoms with Crippen molar-refractivity contribution in [1.82, 2.24) is 0 Å². The van der Waals surface area contributed by atoms with E-state index < -0.39 is 24.1 Å². The fourth-order valence-electron chi connectivity index (χ4n) is 1.97. The Balaban J connectivity index is 2.81. The number of hydrogen-bond donors (Lipinski definition) is 1. The molecule has 1 unspecified atom stereocenters. The third kappa shape index (κ3) is 5.83. The highest BCUT2D eigenvalue weighted by Crippen LogP contribution is 2.28. The first-order valence-corrected chi connectivity index (χ1v) is 6.73. The standard InChI is InChI=1S/C14H17ClF3NO2/c1-13(12(20)21-2,7-4-8-14(16,17)18)19-11-6-3-5-10(15)9-11/h3,5-6,9,19H,4,7-8H2,1-2H3. The molecule has 1 rings (SSSR count). The maximum atomic E-state index is 12.2. The van der Waals surface area contributed by atoms with Crippen molar-refractivity contribution in [3.8, 4) is 0 Å². The van der Waals surface area contributed by atoms with Crippen molar-refractivity contribution >= 4 is 23.3 Å². The Morgan fingerprint density at radius 1 is 1.33 bits per heavy atom. The van der Waals surface area contributed by atoms with E-state index in [-0.39, 0.29) is 12.8 Å². The van der Waals surface area contributed by atoms with Crippen LogP contribution in [0.2, 0.25) is 5.02 Å². The lowest BCUT2D eigenvalue weighted by atomic mass is 9.94. The average Bonchev–Trinajstić information content (AvgIpc) is 2.36. The molecular weight excluding hydrogens is 307 g/mol. The van der Waals surface area contributed by atoms with Crippen molar-refractivity contribution in [2.24, 2.45) is 0 Å². The minimum Gasteiger partial charge on any atom is -0.467 e. The lowest BCUT2D eigenvalue weighted by molar-refractivity contribution is -0.148. The third-order valence-electron chi connectivity index (χ3n) is 3.02. The van der Waals surface area contributed by atoms with Crippen LogP contribution in [0.15, 0.2) is 24.3 Å². The Bertz CT molecular complexity index is 493. The molecule has 0 aliphatic carbocycles. The molecule has 0 fully saturated rings. The minimum atomic E-state index is -4.24. The second kappa shape index (κ2) is 7.02. The van der Waals surface area contributed by atoms with E-state index in [4.69, 9.17) is 11.6 Å². The number of esters is 1. The van der Waals surface area contributed by atoms with Crippen LogP contribution in [0.1, 0.15) is 26.2 Å². The van der Waals surface area contributed by atoms with Gasteiger partial charge >= 0.3 is 12.1 Å². The van der Waals surface area contributed by atoms with Crippen molar-refractivity contribution < 1.29 is 22.7 Å². The van der Waals surface area contributed by atoms with Crippen molar-refractivity contribution in [1.29, 1.82) is 0 Å².